The number of phenolic OH excluding ortho intramolecular Hbond substituents is 1. The van der Waals surface area contributed by atoms with Crippen LogP contribution in [0, 0.1) is 6.92 Å². The van der Waals surface area contributed by atoms with Gasteiger partial charge in [-0.3, -0.25) is 4.79 Å². The van der Waals surface area contributed by atoms with Crippen LogP contribution in [0.3, 0.4) is 0 Å². The maximum absolute atomic E-state index is 11.5. The van der Waals surface area contributed by atoms with Crippen LogP contribution in [0.4, 0.5) is 5.69 Å². The van der Waals surface area contributed by atoms with Crippen LogP contribution in [-0.2, 0) is 4.79 Å². The van der Waals surface area contributed by atoms with Crippen LogP contribution in [0.15, 0.2) is 27.4 Å². The third-order valence-electron chi connectivity index (χ3n) is 2.82. The van der Waals surface area contributed by atoms with E-state index in [-0.39, 0.29) is 11.7 Å². The number of benzene rings is 1. The highest BCUT2D eigenvalue weighted by Gasteiger charge is 2.10. The summed E-state index contributed by atoms with van der Waals surface area (Å²) in [6.07, 6.45) is 1.12. The van der Waals surface area contributed by atoms with E-state index in [1.165, 1.54) is 12.1 Å². The molecular weight excluding hydrogens is 246 g/mol. The molecule has 5 heteroatoms. The molecule has 0 spiro atoms. The Balaban J connectivity index is 2.49. The van der Waals surface area contributed by atoms with Crippen LogP contribution >= 0.6 is 0 Å². The Bertz CT molecular complexity index is 688. The van der Waals surface area contributed by atoms with Gasteiger partial charge < -0.3 is 14.8 Å². The van der Waals surface area contributed by atoms with Crippen molar-refractivity contribution in [3.8, 4) is 5.75 Å². The molecule has 1 amide bonds. The summed E-state index contributed by atoms with van der Waals surface area (Å²) in [5.74, 6) is -0.280. The lowest BCUT2D eigenvalue weighted by Crippen LogP contribution is -2.10. The first kappa shape index (κ1) is 13.1. The lowest BCUT2D eigenvalue weighted by atomic mass is 10.1. The van der Waals surface area contributed by atoms with Crippen molar-refractivity contribution in [1.29, 1.82) is 0 Å². The van der Waals surface area contributed by atoms with E-state index in [9.17, 15) is 14.7 Å². The van der Waals surface area contributed by atoms with Crippen molar-refractivity contribution in [2.24, 2.45) is 0 Å². The first-order valence-electron chi connectivity index (χ1n) is 6.08. The highest BCUT2D eigenvalue weighted by atomic mass is 16.4. The highest BCUT2D eigenvalue weighted by molar-refractivity contribution is 5.96. The maximum atomic E-state index is 11.5. The fourth-order valence-electron chi connectivity index (χ4n) is 1.89. The van der Waals surface area contributed by atoms with Gasteiger partial charge in [-0.15, -0.1) is 0 Å². The number of hydrogen-bond acceptors (Lipinski definition) is 4. The van der Waals surface area contributed by atoms with E-state index in [1.54, 1.807) is 13.0 Å². The molecule has 0 atom stereocenters. The molecule has 19 heavy (non-hydrogen) atoms. The predicted octanol–water partition coefficient (Wildman–Crippen LogP) is 2.55. The minimum Gasteiger partial charge on any atom is -0.506 e. The van der Waals surface area contributed by atoms with Gasteiger partial charge in [0, 0.05) is 23.9 Å². The Hall–Kier alpha value is -2.30. The SMILES string of the molecule is CCCC(=O)Nc1cc2c(C)cc(=O)oc2cc1O. The monoisotopic (exact) mass is 261 g/mol. The molecule has 2 rings (SSSR count). The summed E-state index contributed by atoms with van der Waals surface area (Å²) in [6, 6.07) is 4.32. The largest absolute Gasteiger partial charge is 0.506 e. The van der Waals surface area contributed by atoms with E-state index in [0.29, 0.717) is 23.1 Å². The van der Waals surface area contributed by atoms with Crippen LogP contribution in [0.5, 0.6) is 5.75 Å². The van der Waals surface area contributed by atoms with Crippen LogP contribution in [0.2, 0.25) is 0 Å². The molecule has 0 aliphatic rings. The molecule has 0 saturated carbocycles. The third-order valence-corrected chi connectivity index (χ3v) is 2.82. The van der Waals surface area contributed by atoms with Crippen molar-refractivity contribution < 1.29 is 14.3 Å². The zero-order valence-electron chi connectivity index (χ0n) is 10.8. The Morgan fingerprint density at radius 2 is 2.11 bits per heavy atom. The molecule has 2 N–H and O–H groups in total. The number of rotatable bonds is 3. The number of carbonyl (C=O) groups excluding carboxylic acids is 1. The zero-order chi connectivity index (χ0) is 14.0. The van der Waals surface area contributed by atoms with Gasteiger partial charge in [-0.2, -0.15) is 0 Å². The molecule has 1 heterocycles. The Kier molecular flexibility index (Phi) is 3.55. The third kappa shape index (κ3) is 2.76. The Morgan fingerprint density at radius 1 is 1.37 bits per heavy atom. The van der Waals surface area contributed by atoms with Crippen molar-refractivity contribution in [1.82, 2.24) is 0 Å². The minimum atomic E-state index is -0.466. The molecule has 5 nitrogen and oxygen atoms in total. The van der Waals surface area contributed by atoms with E-state index in [0.717, 1.165) is 12.0 Å². The number of carbonyl (C=O) groups is 1. The summed E-state index contributed by atoms with van der Waals surface area (Å²) in [7, 11) is 0. The molecule has 1 aromatic carbocycles. The number of amides is 1. The number of hydrogen-bond donors (Lipinski definition) is 2. The summed E-state index contributed by atoms with van der Waals surface area (Å²) >= 11 is 0. The lowest BCUT2D eigenvalue weighted by molar-refractivity contribution is -0.116. The van der Waals surface area contributed by atoms with Crippen molar-refractivity contribution >= 4 is 22.6 Å². The topological polar surface area (TPSA) is 79.5 Å². The second kappa shape index (κ2) is 5.14. The smallest absolute Gasteiger partial charge is 0.336 e. The van der Waals surface area contributed by atoms with Gasteiger partial charge in [0.2, 0.25) is 5.91 Å². The average molecular weight is 261 g/mol. The van der Waals surface area contributed by atoms with Gasteiger partial charge >= 0.3 is 5.63 Å². The first-order valence-corrected chi connectivity index (χ1v) is 6.08. The maximum Gasteiger partial charge on any atom is 0.336 e. The molecule has 0 radical (unpaired) electrons. The number of fused-ring (bicyclic) bond motifs is 1. The average Bonchev–Trinajstić information content (AvgIpc) is 2.31. The summed E-state index contributed by atoms with van der Waals surface area (Å²) < 4.78 is 5.00. The van der Waals surface area contributed by atoms with Gasteiger partial charge in [0.1, 0.15) is 11.3 Å². The summed E-state index contributed by atoms with van der Waals surface area (Å²) in [5, 5.41) is 13.2. The van der Waals surface area contributed by atoms with Crippen LogP contribution in [-0.4, -0.2) is 11.0 Å². The molecule has 0 aliphatic heterocycles. The number of anilines is 1. The number of nitrogens with one attached hydrogen (secondary N) is 1. The minimum absolute atomic E-state index is 0.120. The Labute approximate surface area is 109 Å². The van der Waals surface area contributed by atoms with Crippen LogP contribution < -0.4 is 10.9 Å². The molecule has 100 valence electrons. The molecule has 1 aromatic heterocycles. The normalized spacial score (nSPS) is 10.6. The van der Waals surface area contributed by atoms with Crippen molar-refractivity contribution in [3.05, 3.63) is 34.2 Å². The van der Waals surface area contributed by atoms with Gasteiger partial charge in [0.15, 0.2) is 0 Å². The molecular formula is C14H15NO4. The molecule has 0 saturated heterocycles. The highest BCUT2D eigenvalue weighted by Crippen LogP contribution is 2.30. The van der Waals surface area contributed by atoms with Gasteiger partial charge in [0.25, 0.3) is 0 Å². The predicted molar refractivity (Wildman–Crippen MR) is 72.4 cm³/mol. The van der Waals surface area contributed by atoms with Gasteiger partial charge in [-0.05, 0) is 25.0 Å². The Morgan fingerprint density at radius 3 is 2.79 bits per heavy atom. The van der Waals surface area contributed by atoms with E-state index in [4.69, 9.17) is 4.42 Å². The standard InChI is InChI=1S/C14H15NO4/c1-3-4-13(17)15-10-6-9-8(2)5-14(18)19-12(9)7-11(10)16/h5-7,16H,3-4H2,1-2H3,(H,15,17). The second-order valence-corrected chi connectivity index (χ2v) is 4.41. The van der Waals surface area contributed by atoms with E-state index < -0.39 is 5.63 Å². The van der Waals surface area contributed by atoms with E-state index in [2.05, 4.69) is 5.32 Å². The van der Waals surface area contributed by atoms with Crippen LogP contribution in [0.25, 0.3) is 11.0 Å². The number of aryl methyl sites for hydroxylation is 1. The van der Waals surface area contributed by atoms with Crippen molar-refractivity contribution in [2.75, 3.05) is 5.32 Å². The van der Waals surface area contributed by atoms with Gasteiger partial charge in [-0.25, -0.2) is 4.79 Å². The van der Waals surface area contributed by atoms with E-state index in [1.807, 2.05) is 6.92 Å². The zero-order valence-corrected chi connectivity index (χ0v) is 10.8. The number of phenols is 1. The second-order valence-electron chi connectivity index (χ2n) is 4.41. The van der Waals surface area contributed by atoms with E-state index >= 15 is 0 Å². The molecule has 0 unspecified atom stereocenters. The summed E-state index contributed by atoms with van der Waals surface area (Å²) in [6.45, 7) is 3.67. The first-order chi connectivity index (χ1) is 9.01. The quantitative estimate of drug-likeness (QED) is 0.657. The summed E-state index contributed by atoms with van der Waals surface area (Å²) in [5.41, 5.74) is 0.892. The van der Waals surface area contributed by atoms with Crippen LogP contribution in [0.1, 0.15) is 25.3 Å². The molecule has 0 fully saturated rings. The summed E-state index contributed by atoms with van der Waals surface area (Å²) in [4.78, 5) is 22.8. The molecule has 0 bridgehead atoms. The molecule has 2 aromatic rings. The van der Waals surface area contributed by atoms with Crippen molar-refractivity contribution in [3.63, 3.8) is 0 Å². The molecule has 0 aliphatic carbocycles. The van der Waals surface area contributed by atoms with Gasteiger partial charge in [-0.1, -0.05) is 6.92 Å². The van der Waals surface area contributed by atoms with Crippen molar-refractivity contribution in [2.45, 2.75) is 26.7 Å². The fraction of sp³-hybridized carbons (Fsp3) is 0.286. The lowest BCUT2D eigenvalue weighted by Gasteiger charge is -2.09. The number of aromatic hydroxyl groups is 1. The van der Waals surface area contributed by atoms with Gasteiger partial charge in [0.05, 0.1) is 5.69 Å². The fourth-order valence-corrected chi connectivity index (χ4v) is 1.89.